The lowest BCUT2D eigenvalue weighted by molar-refractivity contribution is -0.274. The standard InChI is InChI=1S/C13H15F3N4OS/c1-20-11(5-6-17)18-19-12(20)22-8-9-3-2-4-10(7-9)21-13(14,15)16/h2-4,7H,5-6,8,17H2,1H3. The Morgan fingerprint density at radius 3 is 2.77 bits per heavy atom. The molecule has 0 saturated heterocycles. The molecular formula is C13H15F3N4OS. The molecule has 1 aromatic carbocycles. The number of alkyl halides is 3. The van der Waals surface area contributed by atoms with Crippen LogP contribution in [-0.2, 0) is 19.2 Å². The summed E-state index contributed by atoms with van der Waals surface area (Å²) < 4.78 is 42.3. The molecule has 0 amide bonds. The molecule has 1 heterocycles. The predicted molar refractivity (Wildman–Crippen MR) is 76.4 cm³/mol. The summed E-state index contributed by atoms with van der Waals surface area (Å²) in [4.78, 5) is 0. The van der Waals surface area contributed by atoms with Crippen molar-refractivity contribution in [3.8, 4) is 5.75 Å². The third-order valence-corrected chi connectivity index (χ3v) is 3.88. The van der Waals surface area contributed by atoms with Gasteiger partial charge in [0.1, 0.15) is 11.6 Å². The number of benzene rings is 1. The molecular weight excluding hydrogens is 317 g/mol. The molecule has 0 fully saturated rings. The van der Waals surface area contributed by atoms with E-state index in [1.165, 1.54) is 30.0 Å². The van der Waals surface area contributed by atoms with Crippen LogP contribution in [0, 0.1) is 0 Å². The highest BCUT2D eigenvalue weighted by molar-refractivity contribution is 7.98. The lowest BCUT2D eigenvalue weighted by Crippen LogP contribution is -2.17. The van der Waals surface area contributed by atoms with Crippen LogP contribution >= 0.6 is 11.8 Å². The van der Waals surface area contributed by atoms with Crippen LogP contribution in [0.5, 0.6) is 5.75 Å². The second-order valence-electron chi connectivity index (χ2n) is 4.48. The van der Waals surface area contributed by atoms with Gasteiger partial charge in [-0.2, -0.15) is 0 Å². The fraction of sp³-hybridized carbons (Fsp3) is 0.385. The molecule has 22 heavy (non-hydrogen) atoms. The Balaban J connectivity index is 2.01. The van der Waals surface area contributed by atoms with Crippen LogP contribution < -0.4 is 10.5 Å². The van der Waals surface area contributed by atoms with Crippen molar-refractivity contribution in [1.29, 1.82) is 0 Å². The van der Waals surface area contributed by atoms with Crippen molar-refractivity contribution in [2.24, 2.45) is 12.8 Å². The van der Waals surface area contributed by atoms with Gasteiger partial charge < -0.3 is 15.0 Å². The van der Waals surface area contributed by atoms with E-state index in [0.29, 0.717) is 29.4 Å². The maximum absolute atomic E-state index is 12.2. The van der Waals surface area contributed by atoms with Crippen LogP contribution in [0.3, 0.4) is 0 Å². The average molecular weight is 332 g/mol. The molecule has 0 atom stereocenters. The maximum atomic E-state index is 12.2. The topological polar surface area (TPSA) is 66.0 Å². The molecule has 0 aliphatic heterocycles. The highest BCUT2D eigenvalue weighted by atomic mass is 32.2. The molecule has 0 spiro atoms. The van der Waals surface area contributed by atoms with Crippen molar-refractivity contribution in [2.45, 2.75) is 23.7 Å². The van der Waals surface area contributed by atoms with Crippen molar-refractivity contribution in [1.82, 2.24) is 14.8 Å². The monoisotopic (exact) mass is 332 g/mol. The number of thioether (sulfide) groups is 1. The average Bonchev–Trinajstić information content (AvgIpc) is 2.77. The Kier molecular flexibility index (Phi) is 5.30. The molecule has 0 saturated carbocycles. The first-order chi connectivity index (χ1) is 10.4. The maximum Gasteiger partial charge on any atom is 0.573 e. The van der Waals surface area contributed by atoms with E-state index in [4.69, 9.17) is 5.73 Å². The van der Waals surface area contributed by atoms with Crippen molar-refractivity contribution in [3.05, 3.63) is 35.7 Å². The van der Waals surface area contributed by atoms with Gasteiger partial charge in [0.15, 0.2) is 5.16 Å². The van der Waals surface area contributed by atoms with E-state index < -0.39 is 6.36 Å². The molecule has 120 valence electrons. The van der Waals surface area contributed by atoms with Crippen LogP contribution in [0.1, 0.15) is 11.4 Å². The Bertz CT molecular complexity index is 630. The van der Waals surface area contributed by atoms with E-state index >= 15 is 0 Å². The van der Waals surface area contributed by atoms with Crippen LogP contribution in [-0.4, -0.2) is 27.7 Å². The highest BCUT2D eigenvalue weighted by Crippen LogP contribution is 2.26. The minimum Gasteiger partial charge on any atom is -0.406 e. The zero-order valence-corrected chi connectivity index (χ0v) is 12.6. The first-order valence-electron chi connectivity index (χ1n) is 6.45. The van der Waals surface area contributed by atoms with Crippen molar-refractivity contribution < 1.29 is 17.9 Å². The molecule has 2 aromatic rings. The second kappa shape index (κ2) is 7.01. The normalized spacial score (nSPS) is 11.7. The Morgan fingerprint density at radius 2 is 2.09 bits per heavy atom. The number of hydrogen-bond acceptors (Lipinski definition) is 5. The van der Waals surface area contributed by atoms with E-state index in [1.54, 1.807) is 6.07 Å². The van der Waals surface area contributed by atoms with Crippen molar-refractivity contribution in [2.75, 3.05) is 6.54 Å². The molecule has 0 aliphatic rings. The van der Waals surface area contributed by atoms with E-state index in [9.17, 15) is 13.2 Å². The Morgan fingerprint density at radius 1 is 1.32 bits per heavy atom. The van der Waals surface area contributed by atoms with Crippen LogP contribution in [0.2, 0.25) is 0 Å². The number of aromatic nitrogens is 3. The number of hydrogen-bond donors (Lipinski definition) is 1. The number of halogens is 3. The molecule has 1 aromatic heterocycles. The summed E-state index contributed by atoms with van der Waals surface area (Å²) in [6, 6.07) is 5.88. The zero-order chi connectivity index (χ0) is 16.2. The Labute approximate surface area is 129 Å². The van der Waals surface area contributed by atoms with Gasteiger partial charge in [0.25, 0.3) is 0 Å². The summed E-state index contributed by atoms with van der Waals surface area (Å²) in [5.74, 6) is 1.01. The molecule has 0 aliphatic carbocycles. The molecule has 0 radical (unpaired) electrons. The predicted octanol–water partition coefficient (Wildman–Crippen LogP) is 2.51. The lowest BCUT2D eigenvalue weighted by Gasteiger charge is -2.10. The third kappa shape index (κ3) is 4.63. The lowest BCUT2D eigenvalue weighted by atomic mass is 10.2. The largest absolute Gasteiger partial charge is 0.573 e. The first-order valence-corrected chi connectivity index (χ1v) is 7.43. The second-order valence-corrected chi connectivity index (χ2v) is 5.42. The first kappa shape index (κ1) is 16.6. The summed E-state index contributed by atoms with van der Waals surface area (Å²) in [6.45, 7) is 0.480. The zero-order valence-electron chi connectivity index (χ0n) is 11.8. The molecule has 0 unspecified atom stereocenters. The van der Waals surface area contributed by atoms with E-state index in [1.807, 2.05) is 11.6 Å². The van der Waals surface area contributed by atoms with E-state index in [2.05, 4.69) is 14.9 Å². The quantitative estimate of drug-likeness (QED) is 0.824. The minimum atomic E-state index is -4.69. The molecule has 2 rings (SSSR count). The van der Waals surface area contributed by atoms with Gasteiger partial charge in [-0.3, -0.25) is 0 Å². The molecule has 2 N–H and O–H groups in total. The van der Waals surface area contributed by atoms with Gasteiger partial charge in [0.05, 0.1) is 0 Å². The van der Waals surface area contributed by atoms with Crippen LogP contribution in [0.4, 0.5) is 13.2 Å². The summed E-state index contributed by atoms with van der Waals surface area (Å²) in [6.07, 6.45) is -4.06. The molecule has 0 bridgehead atoms. The number of rotatable bonds is 6. The number of nitrogens with two attached hydrogens (primary N) is 1. The van der Waals surface area contributed by atoms with Gasteiger partial charge in [-0.15, -0.1) is 23.4 Å². The van der Waals surface area contributed by atoms with Crippen molar-refractivity contribution in [3.63, 3.8) is 0 Å². The van der Waals surface area contributed by atoms with Crippen LogP contribution in [0.25, 0.3) is 0 Å². The fourth-order valence-electron chi connectivity index (χ4n) is 1.80. The minimum absolute atomic E-state index is 0.229. The SMILES string of the molecule is Cn1c(CCN)nnc1SCc1cccc(OC(F)(F)F)c1. The number of ether oxygens (including phenoxy) is 1. The number of nitrogens with zero attached hydrogens (tertiary/aromatic N) is 3. The van der Waals surface area contributed by atoms with Gasteiger partial charge >= 0.3 is 6.36 Å². The smallest absolute Gasteiger partial charge is 0.406 e. The summed E-state index contributed by atoms with van der Waals surface area (Å²) >= 11 is 1.39. The van der Waals surface area contributed by atoms with Gasteiger partial charge in [-0.25, -0.2) is 0 Å². The van der Waals surface area contributed by atoms with E-state index in [0.717, 1.165) is 5.82 Å². The third-order valence-electron chi connectivity index (χ3n) is 2.79. The highest BCUT2D eigenvalue weighted by Gasteiger charge is 2.31. The summed E-state index contributed by atoms with van der Waals surface area (Å²) in [7, 11) is 1.83. The van der Waals surface area contributed by atoms with Gasteiger partial charge in [0, 0.05) is 19.2 Å². The van der Waals surface area contributed by atoms with Gasteiger partial charge in [0.2, 0.25) is 0 Å². The fourth-order valence-corrected chi connectivity index (χ4v) is 2.67. The van der Waals surface area contributed by atoms with Gasteiger partial charge in [-0.05, 0) is 24.2 Å². The Hall–Kier alpha value is -1.74. The summed E-state index contributed by atoms with van der Waals surface area (Å²) in [5, 5.41) is 8.75. The van der Waals surface area contributed by atoms with Crippen LogP contribution in [0.15, 0.2) is 29.4 Å². The molecule has 9 heteroatoms. The summed E-state index contributed by atoms with van der Waals surface area (Å²) in [5.41, 5.74) is 6.18. The van der Waals surface area contributed by atoms with Gasteiger partial charge in [-0.1, -0.05) is 23.9 Å². The van der Waals surface area contributed by atoms with E-state index in [-0.39, 0.29) is 5.75 Å². The molecule has 5 nitrogen and oxygen atoms in total. The van der Waals surface area contributed by atoms with Crippen molar-refractivity contribution >= 4 is 11.8 Å².